The number of nitrogens with zero attached hydrogens (tertiary/aromatic N) is 1. The number of rotatable bonds is 4. The van der Waals surface area contributed by atoms with Gasteiger partial charge in [0.25, 0.3) is 0 Å². The average Bonchev–Trinajstić information content (AvgIpc) is 2.36. The van der Waals surface area contributed by atoms with Crippen molar-refractivity contribution in [3.8, 4) is 0 Å². The van der Waals surface area contributed by atoms with Crippen molar-refractivity contribution in [2.45, 2.75) is 13.1 Å². The molecule has 2 aromatic rings. The summed E-state index contributed by atoms with van der Waals surface area (Å²) >= 11 is 9.24. The SMILES string of the molecule is CN(Cc1ccc(Cl)cc1)Cc1ccc(F)cc1Br. The van der Waals surface area contributed by atoms with Crippen molar-refractivity contribution in [1.29, 1.82) is 0 Å². The van der Waals surface area contributed by atoms with Crippen LogP contribution >= 0.6 is 27.5 Å². The molecule has 0 aliphatic rings. The largest absolute Gasteiger partial charge is 0.298 e. The second-order valence-corrected chi connectivity index (χ2v) is 5.83. The molecule has 2 rings (SSSR count). The Labute approximate surface area is 126 Å². The Morgan fingerprint density at radius 1 is 1.11 bits per heavy atom. The smallest absolute Gasteiger partial charge is 0.124 e. The van der Waals surface area contributed by atoms with E-state index in [0.29, 0.717) is 0 Å². The first-order valence-corrected chi connectivity index (χ1v) is 7.08. The molecule has 1 nitrogen and oxygen atoms in total. The van der Waals surface area contributed by atoms with Crippen molar-refractivity contribution < 1.29 is 4.39 Å². The monoisotopic (exact) mass is 341 g/mol. The quantitative estimate of drug-likeness (QED) is 0.766. The van der Waals surface area contributed by atoms with Gasteiger partial charge in [0.15, 0.2) is 0 Å². The predicted molar refractivity (Wildman–Crippen MR) is 80.7 cm³/mol. The minimum atomic E-state index is -0.226. The van der Waals surface area contributed by atoms with Gasteiger partial charge in [-0.3, -0.25) is 4.90 Å². The van der Waals surface area contributed by atoms with Gasteiger partial charge in [0.2, 0.25) is 0 Å². The molecule has 0 aliphatic carbocycles. The van der Waals surface area contributed by atoms with Gasteiger partial charge in [-0.15, -0.1) is 0 Å². The van der Waals surface area contributed by atoms with E-state index in [9.17, 15) is 4.39 Å². The van der Waals surface area contributed by atoms with Crippen molar-refractivity contribution in [2.24, 2.45) is 0 Å². The van der Waals surface area contributed by atoms with E-state index >= 15 is 0 Å². The zero-order valence-electron chi connectivity index (χ0n) is 10.5. The lowest BCUT2D eigenvalue weighted by Gasteiger charge is -2.17. The van der Waals surface area contributed by atoms with Crippen LogP contribution in [0.25, 0.3) is 0 Å². The van der Waals surface area contributed by atoms with Crippen molar-refractivity contribution in [2.75, 3.05) is 7.05 Å². The summed E-state index contributed by atoms with van der Waals surface area (Å²) in [6.07, 6.45) is 0. The van der Waals surface area contributed by atoms with Crippen LogP contribution in [-0.4, -0.2) is 11.9 Å². The highest BCUT2D eigenvalue weighted by atomic mass is 79.9. The zero-order valence-corrected chi connectivity index (χ0v) is 12.9. The van der Waals surface area contributed by atoms with Gasteiger partial charge in [-0.05, 0) is 42.4 Å². The lowest BCUT2D eigenvalue weighted by atomic mass is 10.2. The molecule has 0 radical (unpaired) electrons. The Morgan fingerprint density at radius 3 is 2.42 bits per heavy atom. The predicted octanol–water partition coefficient (Wildman–Crippen LogP) is 4.87. The highest BCUT2D eigenvalue weighted by Gasteiger charge is 2.06. The van der Waals surface area contributed by atoms with Crippen molar-refractivity contribution in [1.82, 2.24) is 4.90 Å². The molecule has 0 atom stereocenters. The van der Waals surface area contributed by atoms with Crippen LogP contribution in [0.2, 0.25) is 5.02 Å². The molecule has 0 aliphatic heterocycles. The van der Waals surface area contributed by atoms with Gasteiger partial charge in [0.05, 0.1) is 0 Å². The summed E-state index contributed by atoms with van der Waals surface area (Å²) in [7, 11) is 2.03. The Hall–Kier alpha value is -0.900. The zero-order chi connectivity index (χ0) is 13.8. The van der Waals surface area contributed by atoms with Crippen LogP contribution in [0, 0.1) is 5.82 Å². The summed E-state index contributed by atoms with van der Waals surface area (Å²) in [4.78, 5) is 2.17. The number of benzene rings is 2. The minimum absolute atomic E-state index is 0.226. The van der Waals surface area contributed by atoms with Crippen LogP contribution in [0.15, 0.2) is 46.9 Å². The number of halogens is 3. The van der Waals surface area contributed by atoms with Gasteiger partial charge in [-0.1, -0.05) is 45.7 Å². The van der Waals surface area contributed by atoms with E-state index in [0.717, 1.165) is 28.1 Å². The van der Waals surface area contributed by atoms with E-state index in [4.69, 9.17) is 11.6 Å². The summed E-state index contributed by atoms with van der Waals surface area (Å²) < 4.78 is 13.8. The summed E-state index contributed by atoms with van der Waals surface area (Å²) in [6.45, 7) is 1.57. The summed E-state index contributed by atoms with van der Waals surface area (Å²) in [6, 6.07) is 12.6. The molecule has 0 N–H and O–H groups in total. The third-order valence-electron chi connectivity index (χ3n) is 2.82. The lowest BCUT2D eigenvalue weighted by Crippen LogP contribution is -2.17. The fourth-order valence-corrected chi connectivity index (χ4v) is 2.50. The molecule has 0 bridgehead atoms. The third-order valence-corrected chi connectivity index (χ3v) is 3.81. The Bertz CT molecular complexity index is 557. The molecule has 0 fully saturated rings. The Kier molecular flexibility index (Phi) is 4.97. The molecular weight excluding hydrogens is 329 g/mol. The standard InChI is InChI=1S/C15H14BrClFN/c1-19(9-11-2-5-13(17)6-3-11)10-12-4-7-14(18)8-15(12)16/h2-8H,9-10H2,1H3. The van der Waals surface area contributed by atoms with Crippen LogP contribution in [-0.2, 0) is 13.1 Å². The molecule has 4 heteroatoms. The van der Waals surface area contributed by atoms with Crippen LogP contribution in [0.3, 0.4) is 0 Å². The van der Waals surface area contributed by atoms with Crippen LogP contribution in [0.1, 0.15) is 11.1 Å². The highest BCUT2D eigenvalue weighted by Crippen LogP contribution is 2.20. The van der Waals surface area contributed by atoms with Crippen molar-refractivity contribution in [3.05, 3.63) is 68.9 Å². The first-order valence-electron chi connectivity index (χ1n) is 5.91. The van der Waals surface area contributed by atoms with Crippen LogP contribution in [0.4, 0.5) is 4.39 Å². The maximum absolute atomic E-state index is 13.0. The molecule has 0 unspecified atom stereocenters. The second kappa shape index (κ2) is 6.51. The van der Waals surface area contributed by atoms with E-state index in [2.05, 4.69) is 20.8 Å². The van der Waals surface area contributed by atoms with E-state index < -0.39 is 0 Å². The minimum Gasteiger partial charge on any atom is -0.298 e. The van der Waals surface area contributed by atoms with E-state index in [1.807, 2.05) is 31.3 Å². The first kappa shape index (κ1) is 14.5. The van der Waals surface area contributed by atoms with E-state index in [1.165, 1.54) is 17.7 Å². The normalized spacial score (nSPS) is 11.0. The first-order chi connectivity index (χ1) is 9.04. The molecular formula is C15H14BrClFN. The van der Waals surface area contributed by atoms with Gasteiger partial charge in [0, 0.05) is 22.6 Å². The summed E-state index contributed by atoms with van der Waals surface area (Å²) in [5.41, 5.74) is 2.27. The van der Waals surface area contributed by atoms with Gasteiger partial charge < -0.3 is 0 Å². The van der Waals surface area contributed by atoms with Gasteiger partial charge in [0.1, 0.15) is 5.82 Å². The van der Waals surface area contributed by atoms with Crippen molar-refractivity contribution in [3.63, 3.8) is 0 Å². The maximum atomic E-state index is 13.0. The lowest BCUT2D eigenvalue weighted by molar-refractivity contribution is 0.318. The Morgan fingerprint density at radius 2 is 1.79 bits per heavy atom. The number of hydrogen-bond acceptors (Lipinski definition) is 1. The fraction of sp³-hybridized carbons (Fsp3) is 0.200. The van der Waals surface area contributed by atoms with E-state index in [1.54, 1.807) is 6.07 Å². The molecule has 0 saturated carbocycles. The maximum Gasteiger partial charge on any atom is 0.124 e. The van der Waals surface area contributed by atoms with Crippen LogP contribution in [0.5, 0.6) is 0 Å². The number of hydrogen-bond donors (Lipinski definition) is 0. The molecule has 0 spiro atoms. The Balaban J connectivity index is 2.01. The topological polar surface area (TPSA) is 3.24 Å². The van der Waals surface area contributed by atoms with Gasteiger partial charge >= 0.3 is 0 Å². The second-order valence-electron chi connectivity index (χ2n) is 4.53. The summed E-state index contributed by atoms with van der Waals surface area (Å²) in [5.74, 6) is -0.226. The molecule has 0 amide bonds. The van der Waals surface area contributed by atoms with Gasteiger partial charge in [-0.2, -0.15) is 0 Å². The van der Waals surface area contributed by atoms with Crippen LogP contribution < -0.4 is 0 Å². The average molecular weight is 343 g/mol. The highest BCUT2D eigenvalue weighted by molar-refractivity contribution is 9.10. The molecule has 2 aromatic carbocycles. The molecule has 0 aromatic heterocycles. The molecule has 19 heavy (non-hydrogen) atoms. The van der Waals surface area contributed by atoms with E-state index in [-0.39, 0.29) is 5.82 Å². The van der Waals surface area contributed by atoms with Gasteiger partial charge in [-0.25, -0.2) is 4.39 Å². The third kappa shape index (κ3) is 4.30. The molecule has 0 saturated heterocycles. The van der Waals surface area contributed by atoms with Crippen molar-refractivity contribution >= 4 is 27.5 Å². The summed E-state index contributed by atoms with van der Waals surface area (Å²) in [5, 5.41) is 0.743. The molecule has 0 heterocycles. The fourth-order valence-electron chi connectivity index (χ4n) is 1.90. The molecule has 100 valence electrons.